The molecule has 3 heteroatoms. The smallest absolute Gasteiger partial charge is 0.130 e. The zero-order valence-electron chi connectivity index (χ0n) is 18.8. The second kappa shape index (κ2) is 11.1. The first-order valence-electron chi connectivity index (χ1n) is 11.2. The first-order valence-corrected chi connectivity index (χ1v) is 12.2. The van der Waals surface area contributed by atoms with Gasteiger partial charge in [0.2, 0.25) is 0 Å². The lowest BCUT2D eigenvalue weighted by Gasteiger charge is -2.20. The lowest BCUT2D eigenvalue weighted by molar-refractivity contribution is 0.304. The van der Waals surface area contributed by atoms with Crippen molar-refractivity contribution >= 4 is 25.4 Å². The van der Waals surface area contributed by atoms with Crippen molar-refractivity contribution in [2.45, 2.75) is 26.4 Å². The molecular weight excluding hydrogens is 409 g/mol. The van der Waals surface area contributed by atoms with Crippen molar-refractivity contribution in [3.63, 3.8) is 0 Å². The van der Waals surface area contributed by atoms with Crippen molar-refractivity contribution in [3.05, 3.63) is 113 Å². The summed E-state index contributed by atoms with van der Waals surface area (Å²) >= 11 is 0. The number of aryl methyl sites for hydroxylation is 1. The number of allylic oxidation sites excluding steroid dienone is 4. The number of hydrogen-bond acceptors (Lipinski definition) is 2. The predicted octanol–water partition coefficient (Wildman–Crippen LogP) is 5.93. The van der Waals surface area contributed by atoms with Crippen LogP contribution in [-0.4, -0.2) is 13.3 Å². The van der Waals surface area contributed by atoms with Crippen molar-refractivity contribution < 1.29 is 4.74 Å². The monoisotopic (exact) mass is 439 g/mol. The van der Waals surface area contributed by atoms with E-state index in [0.29, 0.717) is 21.1 Å². The Kier molecular flexibility index (Phi) is 7.69. The molecule has 0 fully saturated rings. The third kappa shape index (κ3) is 5.64. The van der Waals surface area contributed by atoms with Crippen LogP contribution in [0.3, 0.4) is 0 Å². The summed E-state index contributed by atoms with van der Waals surface area (Å²) in [6.45, 7) is 2.76. The SMILES string of the molecule is C/N=C/c1cccc(C)c1Pc1cccc(CC2C=CC=CC2)c1OCc1ccccc1. The zero-order chi connectivity index (χ0) is 22.2. The largest absolute Gasteiger partial charge is 0.488 e. The molecule has 0 spiro atoms. The van der Waals surface area contributed by atoms with Crippen LogP contribution in [-0.2, 0) is 13.0 Å². The molecule has 1 aliphatic carbocycles. The third-order valence-electron chi connectivity index (χ3n) is 5.71. The van der Waals surface area contributed by atoms with Crippen LogP contribution in [0.4, 0.5) is 0 Å². The molecule has 0 aliphatic heterocycles. The number of benzene rings is 3. The Morgan fingerprint density at radius 2 is 1.84 bits per heavy atom. The lowest BCUT2D eigenvalue weighted by atomic mass is 9.93. The fourth-order valence-corrected chi connectivity index (χ4v) is 5.42. The van der Waals surface area contributed by atoms with Gasteiger partial charge in [-0.25, -0.2) is 0 Å². The molecule has 2 unspecified atom stereocenters. The summed E-state index contributed by atoms with van der Waals surface area (Å²) < 4.78 is 6.54. The van der Waals surface area contributed by atoms with E-state index < -0.39 is 0 Å². The van der Waals surface area contributed by atoms with E-state index in [-0.39, 0.29) is 0 Å². The summed E-state index contributed by atoms with van der Waals surface area (Å²) in [6, 6.07) is 23.5. The summed E-state index contributed by atoms with van der Waals surface area (Å²) in [5.74, 6) is 1.55. The molecule has 0 radical (unpaired) electrons. The van der Waals surface area contributed by atoms with Gasteiger partial charge in [0.05, 0.1) is 0 Å². The summed E-state index contributed by atoms with van der Waals surface area (Å²) in [6.07, 6.45) is 12.9. The summed E-state index contributed by atoms with van der Waals surface area (Å²) in [5, 5.41) is 2.59. The van der Waals surface area contributed by atoms with Gasteiger partial charge in [-0.3, -0.25) is 4.99 Å². The molecule has 2 nitrogen and oxygen atoms in total. The Morgan fingerprint density at radius 3 is 2.62 bits per heavy atom. The fraction of sp³-hybridized carbons (Fsp3) is 0.207. The molecule has 3 aromatic carbocycles. The van der Waals surface area contributed by atoms with Gasteiger partial charge >= 0.3 is 0 Å². The van der Waals surface area contributed by atoms with Crippen molar-refractivity contribution in [2.75, 3.05) is 7.05 Å². The fourth-order valence-electron chi connectivity index (χ4n) is 4.05. The van der Waals surface area contributed by atoms with Crippen molar-refractivity contribution in [1.82, 2.24) is 0 Å². The van der Waals surface area contributed by atoms with Gasteiger partial charge in [0, 0.05) is 24.1 Å². The van der Waals surface area contributed by atoms with E-state index >= 15 is 0 Å². The maximum Gasteiger partial charge on any atom is 0.130 e. The van der Waals surface area contributed by atoms with Gasteiger partial charge in [-0.05, 0) is 47.7 Å². The van der Waals surface area contributed by atoms with Gasteiger partial charge in [0.15, 0.2) is 0 Å². The average molecular weight is 440 g/mol. The summed E-state index contributed by atoms with van der Waals surface area (Å²) in [5.41, 5.74) is 4.95. The van der Waals surface area contributed by atoms with Gasteiger partial charge < -0.3 is 4.74 Å². The van der Waals surface area contributed by atoms with Gasteiger partial charge in [-0.1, -0.05) is 99.6 Å². The highest BCUT2D eigenvalue weighted by Crippen LogP contribution is 2.30. The topological polar surface area (TPSA) is 21.6 Å². The number of hydrogen-bond donors (Lipinski definition) is 0. The molecule has 0 saturated heterocycles. The van der Waals surface area contributed by atoms with Crippen LogP contribution < -0.4 is 15.3 Å². The van der Waals surface area contributed by atoms with E-state index in [1.165, 1.54) is 32.9 Å². The van der Waals surface area contributed by atoms with Gasteiger partial charge in [-0.2, -0.15) is 0 Å². The number of rotatable bonds is 8. The van der Waals surface area contributed by atoms with Crippen molar-refractivity contribution in [2.24, 2.45) is 10.9 Å². The van der Waals surface area contributed by atoms with Crippen LogP contribution in [0, 0.1) is 12.8 Å². The van der Waals surface area contributed by atoms with Gasteiger partial charge in [-0.15, -0.1) is 0 Å². The third-order valence-corrected chi connectivity index (χ3v) is 7.30. The molecule has 162 valence electrons. The second-order valence-electron chi connectivity index (χ2n) is 8.13. The van der Waals surface area contributed by atoms with E-state index in [4.69, 9.17) is 4.74 Å². The van der Waals surface area contributed by atoms with Crippen LogP contribution in [0.25, 0.3) is 0 Å². The molecule has 0 aromatic heterocycles. The standard InChI is InChI=1S/C29H30NOP/c1-22-11-9-17-26(20-30-2)29(22)32-27-18-10-16-25(19-23-12-5-3-6-13-23)28(27)31-21-24-14-7-4-8-15-24/h3-12,14-18,20,23,32H,13,19,21H2,1-2H3/b30-20+. The van der Waals surface area contributed by atoms with Gasteiger partial charge in [0.25, 0.3) is 0 Å². The van der Waals surface area contributed by atoms with Crippen LogP contribution in [0.15, 0.2) is 96.0 Å². The first-order chi connectivity index (χ1) is 15.7. The molecule has 0 bridgehead atoms. The van der Waals surface area contributed by atoms with Crippen LogP contribution in [0.5, 0.6) is 5.75 Å². The first kappa shape index (κ1) is 22.2. The average Bonchev–Trinajstić information content (AvgIpc) is 2.82. The minimum atomic E-state index is 0.511. The Morgan fingerprint density at radius 1 is 1.00 bits per heavy atom. The maximum absolute atomic E-state index is 6.54. The van der Waals surface area contributed by atoms with Crippen molar-refractivity contribution in [1.29, 1.82) is 0 Å². The minimum absolute atomic E-state index is 0.511. The Labute approximate surface area is 193 Å². The molecule has 32 heavy (non-hydrogen) atoms. The highest BCUT2D eigenvalue weighted by molar-refractivity contribution is 7.56. The number of ether oxygens (including phenoxy) is 1. The molecule has 4 rings (SSSR count). The highest BCUT2D eigenvalue weighted by atomic mass is 31.1. The Bertz CT molecular complexity index is 1130. The molecule has 0 amide bonds. The van der Waals surface area contributed by atoms with E-state index in [9.17, 15) is 0 Å². The van der Waals surface area contributed by atoms with Crippen molar-refractivity contribution in [3.8, 4) is 5.75 Å². The number of aliphatic imine (C=N–C) groups is 1. The molecule has 3 aromatic rings. The van der Waals surface area contributed by atoms with E-state index in [0.717, 1.165) is 18.6 Å². The number of para-hydroxylation sites is 1. The molecule has 0 saturated carbocycles. The van der Waals surface area contributed by atoms with E-state index in [1.54, 1.807) is 0 Å². The van der Waals surface area contributed by atoms with Crippen LogP contribution in [0.1, 0.15) is 28.7 Å². The van der Waals surface area contributed by atoms with Crippen LogP contribution in [0.2, 0.25) is 0 Å². The highest BCUT2D eigenvalue weighted by Gasteiger charge is 2.16. The molecule has 0 N–H and O–H groups in total. The molecule has 1 aliphatic rings. The summed E-state index contributed by atoms with van der Waals surface area (Å²) in [7, 11) is 2.34. The van der Waals surface area contributed by atoms with Crippen LogP contribution >= 0.6 is 8.58 Å². The number of nitrogens with zero attached hydrogens (tertiary/aromatic N) is 1. The van der Waals surface area contributed by atoms with Gasteiger partial charge in [0.1, 0.15) is 12.4 Å². The lowest BCUT2D eigenvalue weighted by Crippen LogP contribution is -2.16. The zero-order valence-corrected chi connectivity index (χ0v) is 19.8. The molecular formula is C29H30NOP. The maximum atomic E-state index is 6.54. The Balaban J connectivity index is 1.68. The second-order valence-corrected chi connectivity index (χ2v) is 9.42. The normalized spacial score (nSPS) is 15.8. The minimum Gasteiger partial charge on any atom is -0.488 e. The van der Waals surface area contributed by atoms with E-state index in [2.05, 4.69) is 96.9 Å². The quantitative estimate of drug-likeness (QED) is 0.315. The summed E-state index contributed by atoms with van der Waals surface area (Å²) in [4.78, 5) is 4.28. The molecule has 2 atom stereocenters. The predicted molar refractivity (Wildman–Crippen MR) is 140 cm³/mol. The Hall–Kier alpha value is -2.96. The van der Waals surface area contributed by atoms with E-state index in [1.807, 2.05) is 19.3 Å². The molecule has 0 heterocycles.